The van der Waals surface area contributed by atoms with E-state index >= 15 is 0 Å². The van der Waals surface area contributed by atoms with Crippen molar-refractivity contribution in [3.8, 4) is 0 Å². The van der Waals surface area contributed by atoms with E-state index in [0.717, 1.165) is 10.9 Å². The second kappa shape index (κ2) is 5.05. The van der Waals surface area contributed by atoms with Crippen LogP contribution in [0, 0.1) is 10.1 Å². The van der Waals surface area contributed by atoms with Crippen LogP contribution in [0.3, 0.4) is 0 Å². The Hall–Kier alpha value is -1.96. The molecule has 0 aromatic carbocycles. The van der Waals surface area contributed by atoms with Crippen molar-refractivity contribution in [3.63, 3.8) is 0 Å². The lowest BCUT2D eigenvalue weighted by molar-refractivity contribution is -0.385. The van der Waals surface area contributed by atoms with Gasteiger partial charge in [-0.05, 0) is 6.92 Å². The average molecular weight is 214 g/mol. The molecule has 0 saturated carbocycles. The fourth-order valence-electron chi connectivity index (χ4n) is 0.865. The largest absolute Gasteiger partial charge is 0.307 e. The fraction of sp³-hybridized carbons (Fsp3) is 0.429. The van der Waals surface area contributed by atoms with Crippen molar-refractivity contribution < 1.29 is 14.6 Å². The third-order valence-corrected chi connectivity index (χ3v) is 1.47. The maximum atomic E-state index is 11.1. The van der Waals surface area contributed by atoms with Gasteiger partial charge in [0.25, 0.3) is 5.91 Å². The highest BCUT2D eigenvalue weighted by Crippen LogP contribution is 2.07. The van der Waals surface area contributed by atoms with Gasteiger partial charge in [-0.2, -0.15) is 5.10 Å². The van der Waals surface area contributed by atoms with Crippen LogP contribution in [-0.4, -0.2) is 27.2 Å². The number of amides is 1. The van der Waals surface area contributed by atoms with Crippen LogP contribution in [-0.2, 0) is 16.2 Å². The van der Waals surface area contributed by atoms with Crippen LogP contribution in [0.4, 0.5) is 5.69 Å². The van der Waals surface area contributed by atoms with Crippen molar-refractivity contribution >= 4 is 11.6 Å². The Balaban J connectivity index is 2.50. The van der Waals surface area contributed by atoms with E-state index in [1.165, 1.54) is 6.20 Å². The summed E-state index contributed by atoms with van der Waals surface area (Å²) in [5.74, 6) is -0.421. The molecule has 1 rings (SSSR count). The summed E-state index contributed by atoms with van der Waals surface area (Å²) in [7, 11) is 0. The van der Waals surface area contributed by atoms with E-state index in [0.29, 0.717) is 6.61 Å². The van der Waals surface area contributed by atoms with E-state index in [4.69, 9.17) is 0 Å². The van der Waals surface area contributed by atoms with Gasteiger partial charge in [-0.1, -0.05) is 0 Å². The minimum atomic E-state index is -0.579. The summed E-state index contributed by atoms with van der Waals surface area (Å²) in [5.41, 5.74) is 2.00. The summed E-state index contributed by atoms with van der Waals surface area (Å²) in [6, 6.07) is 0. The quantitative estimate of drug-likeness (QED) is 0.543. The molecule has 8 nitrogen and oxygen atoms in total. The average Bonchev–Trinajstić information content (AvgIpc) is 2.63. The molecule has 8 heteroatoms. The number of aromatic nitrogens is 2. The number of nitrogens with one attached hydrogen (secondary N) is 1. The first kappa shape index (κ1) is 11.1. The van der Waals surface area contributed by atoms with Crippen LogP contribution in [0.2, 0.25) is 0 Å². The standard InChI is InChI=1S/C7H10N4O4/c1-2-15-9-7(12)5-10-4-6(3-8-10)11(13)14/h3-4H,2,5H2,1H3,(H,9,12). The van der Waals surface area contributed by atoms with Crippen molar-refractivity contribution in [2.24, 2.45) is 0 Å². The normalized spacial score (nSPS) is 9.93. The van der Waals surface area contributed by atoms with Crippen LogP contribution in [0.5, 0.6) is 0 Å². The van der Waals surface area contributed by atoms with Gasteiger partial charge in [-0.3, -0.25) is 24.4 Å². The van der Waals surface area contributed by atoms with Gasteiger partial charge in [0.1, 0.15) is 18.9 Å². The molecule has 1 aromatic rings. The fourth-order valence-corrected chi connectivity index (χ4v) is 0.865. The first-order valence-corrected chi connectivity index (χ1v) is 4.21. The van der Waals surface area contributed by atoms with E-state index in [1.54, 1.807) is 6.92 Å². The number of hydrogen-bond acceptors (Lipinski definition) is 5. The van der Waals surface area contributed by atoms with Gasteiger partial charge < -0.3 is 0 Å². The van der Waals surface area contributed by atoms with Crippen molar-refractivity contribution in [1.29, 1.82) is 0 Å². The van der Waals surface area contributed by atoms with Crippen molar-refractivity contribution in [2.45, 2.75) is 13.5 Å². The molecule has 0 aliphatic rings. The zero-order valence-corrected chi connectivity index (χ0v) is 8.04. The SMILES string of the molecule is CCONC(=O)Cn1cc([N+](=O)[O-])cn1. The van der Waals surface area contributed by atoms with Gasteiger partial charge in [-0.15, -0.1) is 0 Å². The third kappa shape index (κ3) is 3.35. The summed E-state index contributed by atoms with van der Waals surface area (Å²) in [4.78, 5) is 25.5. The van der Waals surface area contributed by atoms with Gasteiger partial charge in [0.15, 0.2) is 0 Å². The zero-order chi connectivity index (χ0) is 11.3. The van der Waals surface area contributed by atoms with Crippen molar-refractivity contribution in [1.82, 2.24) is 15.3 Å². The molecule has 0 fully saturated rings. The molecule has 0 bridgehead atoms. The Morgan fingerprint density at radius 3 is 3.07 bits per heavy atom. The van der Waals surface area contributed by atoms with Gasteiger partial charge in [0, 0.05) is 0 Å². The minimum Gasteiger partial charge on any atom is -0.274 e. The number of carbonyl (C=O) groups excluding carboxylic acids is 1. The Morgan fingerprint density at radius 1 is 1.80 bits per heavy atom. The summed E-state index contributed by atoms with van der Waals surface area (Å²) in [6.07, 6.45) is 2.25. The minimum absolute atomic E-state index is 0.117. The highest BCUT2D eigenvalue weighted by Gasteiger charge is 2.10. The molecule has 1 aromatic heterocycles. The molecule has 0 radical (unpaired) electrons. The van der Waals surface area contributed by atoms with E-state index in [1.807, 2.05) is 0 Å². The van der Waals surface area contributed by atoms with Crippen LogP contribution in [0.15, 0.2) is 12.4 Å². The summed E-state index contributed by atoms with van der Waals surface area (Å²) in [6.45, 7) is 1.96. The number of hydroxylamine groups is 1. The molecule has 1 heterocycles. The van der Waals surface area contributed by atoms with E-state index in [-0.39, 0.29) is 12.2 Å². The predicted octanol–water partition coefficient (Wildman–Crippen LogP) is -0.141. The second-order valence-electron chi connectivity index (χ2n) is 2.61. The van der Waals surface area contributed by atoms with E-state index < -0.39 is 10.8 Å². The maximum absolute atomic E-state index is 11.1. The molecule has 82 valence electrons. The molecule has 0 aliphatic heterocycles. The first-order chi connectivity index (χ1) is 7.13. The number of carbonyl (C=O) groups is 1. The monoisotopic (exact) mass is 214 g/mol. The first-order valence-electron chi connectivity index (χ1n) is 4.21. The molecule has 1 N–H and O–H groups in total. The second-order valence-corrected chi connectivity index (χ2v) is 2.61. The Kier molecular flexibility index (Phi) is 3.75. The van der Waals surface area contributed by atoms with Crippen LogP contribution in [0.25, 0.3) is 0 Å². The summed E-state index contributed by atoms with van der Waals surface area (Å²) < 4.78 is 1.16. The van der Waals surface area contributed by atoms with Gasteiger partial charge >= 0.3 is 5.69 Å². The Labute approximate surface area is 84.9 Å². The van der Waals surface area contributed by atoms with Crippen LogP contribution in [0.1, 0.15) is 6.92 Å². The number of nitrogens with zero attached hydrogens (tertiary/aromatic N) is 3. The molecule has 0 saturated heterocycles. The Morgan fingerprint density at radius 2 is 2.53 bits per heavy atom. The number of rotatable bonds is 5. The molecule has 0 atom stereocenters. The molecule has 0 aliphatic carbocycles. The smallest absolute Gasteiger partial charge is 0.274 e. The Bertz CT molecular complexity index is 362. The van der Waals surface area contributed by atoms with Gasteiger partial charge in [0.05, 0.1) is 11.5 Å². The van der Waals surface area contributed by atoms with Crippen LogP contribution < -0.4 is 5.48 Å². The zero-order valence-electron chi connectivity index (χ0n) is 8.04. The maximum Gasteiger partial charge on any atom is 0.307 e. The van der Waals surface area contributed by atoms with E-state index in [9.17, 15) is 14.9 Å². The number of hydrogen-bond donors (Lipinski definition) is 1. The van der Waals surface area contributed by atoms with E-state index in [2.05, 4.69) is 15.4 Å². The topological polar surface area (TPSA) is 99.3 Å². The lowest BCUT2D eigenvalue weighted by atomic mass is 10.6. The molecule has 0 spiro atoms. The molecular formula is C7H10N4O4. The van der Waals surface area contributed by atoms with Gasteiger partial charge in [-0.25, -0.2) is 5.48 Å². The summed E-state index contributed by atoms with van der Waals surface area (Å²) in [5, 5.41) is 13.9. The molecule has 1 amide bonds. The third-order valence-electron chi connectivity index (χ3n) is 1.47. The lowest BCUT2D eigenvalue weighted by Crippen LogP contribution is -2.27. The number of nitro groups is 1. The molecule has 0 unspecified atom stereocenters. The summed E-state index contributed by atoms with van der Waals surface area (Å²) >= 11 is 0. The predicted molar refractivity (Wildman–Crippen MR) is 48.7 cm³/mol. The van der Waals surface area contributed by atoms with Crippen molar-refractivity contribution in [3.05, 3.63) is 22.5 Å². The molecular weight excluding hydrogens is 204 g/mol. The molecule has 15 heavy (non-hydrogen) atoms. The lowest BCUT2D eigenvalue weighted by Gasteiger charge is -2.02. The van der Waals surface area contributed by atoms with Crippen LogP contribution >= 0.6 is 0 Å². The highest BCUT2D eigenvalue weighted by molar-refractivity contribution is 5.74. The highest BCUT2D eigenvalue weighted by atomic mass is 16.6. The van der Waals surface area contributed by atoms with Crippen molar-refractivity contribution in [2.75, 3.05) is 6.61 Å². The van der Waals surface area contributed by atoms with Gasteiger partial charge in [0.2, 0.25) is 0 Å².